The first-order valence-corrected chi connectivity index (χ1v) is 12.9. The topological polar surface area (TPSA) is 81.3 Å². The number of ether oxygens (including phenoxy) is 1. The Morgan fingerprint density at radius 1 is 1.10 bits per heavy atom. The van der Waals surface area contributed by atoms with Crippen LogP contribution in [0.4, 0.5) is 13.2 Å². The minimum atomic E-state index is -1.13. The Bertz CT molecular complexity index is 1640. The molecular weight excluding hydrogens is 509 g/mol. The lowest BCUT2D eigenvalue weighted by molar-refractivity contribution is -0.0437. The average molecular weight is 541 g/mol. The molecule has 2 heterocycles. The van der Waals surface area contributed by atoms with Gasteiger partial charge in [0.2, 0.25) is 5.82 Å². The zero-order chi connectivity index (χ0) is 28.1. The highest BCUT2D eigenvalue weighted by atomic mass is 19.2. The van der Waals surface area contributed by atoms with Crippen LogP contribution in [-0.2, 0) is 32.7 Å². The minimum absolute atomic E-state index is 0.0186. The van der Waals surface area contributed by atoms with Crippen molar-refractivity contribution in [3.8, 4) is 16.9 Å². The summed E-state index contributed by atoms with van der Waals surface area (Å²) in [5.41, 5.74) is 2.07. The Hall–Kier alpha value is -3.63. The molecule has 0 atom stereocenters. The van der Waals surface area contributed by atoms with Gasteiger partial charge in [0, 0.05) is 54.8 Å². The third kappa shape index (κ3) is 4.51. The average Bonchev–Trinajstić information content (AvgIpc) is 3.19. The summed E-state index contributed by atoms with van der Waals surface area (Å²) in [5, 5.41) is 18.8. The molecule has 1 fully saturated rings. The van der Waals surface area contributed by atoms with Crippen LogP contribution < -0.4 is 15.6 Å². The molecule has 206 valence electrons. The van der Waals surface area contributed by atoms with E-state index in [2.05, 4.69) is 10.4 Å². The predicted octanol–water partition coefficient (Wildman–Crippen LogP) is 4.38. The number of hydrogen-bond acceptors (Lipinski definition) is 5. The van der Waals surface area contributed by atoms with Gasteiger partial charge in [0.1, 0.15) is 5.60 Å². The molecule has 1 aliphatic rings. The summed E-state index contributed by atoms with van der Waals surface area (Å²) in [6, 6.07) is 7.41. The van der Waals surface area contributed by atoms with Gasteiger partial charge in [-0.15, -0.1) is 0 Å². The normalized spacial score (nSPS) is 14.6. The molecule has 10 heteroatoms. The van der Waals surface area contributed by atoms with Crippen LogP contribution in [0.5, 0.6) is 5.75 Å². The number of rotatable bonds is 8. The quantitative estimate of drug-likeness (QED) is 0.347. The van der Waals surface area contributed by atoms with Crippen LogP contribution in [0.3, 0.4) is 0 Å². The summed E-state index contributed by atoms with van der Waals surface area (Å²) >= 11 is 0. The molecule has 2 aromatic heterocycles. The lowest BCUT2D eigenvalue weighted by atomic mass is 9.76. The fourth-order valence-electron chi connectivity index (χ4n) is 5.32. The van der Waals surface area contributed by atoms with Crippen molar-refractivity contribution >= 4 is 10.9 Å². The van der Waals surface area contributed by atoms with Crippen molar-refractivity contribution in [3.63, 3.8) is 0 Å². The Morgan fingerprint density at radius 3 is 2.51 bits per heavy atom. The van der Waals surface area contributed by atoms with E-state index in [4.69, 9.17) is 4.74 Å². The highest BCUT2D eigenvalue weighted by Gasteiger charge is 2.41. The molecule has 0 spiro atoms. The number of nitrogens with zero attached hydrogens (tertiary/aromatic N) is 3. The summed E-state index contributed by atoms with van der Waals surface area (Å²) in [4.78, 5) is 12.4. The van der Waals surface area contributed by atoms with Crippen LogP contribution in [0.15, 0.2) is 35.1 Å². The minimum Gasteiger partial charge on any atom is -0.489 e. The van der Waals surface area contributed by atoms with Crippen LogP contribution in [0, 0.1) is 24.4 Å². The number of fused-ring (bicyclic) bond motifs is 1. The number of pyridine rings is 1. The second-order valence-electron chi connectivity index (χ2n) is 10.2. The predicted molar refractivity (Wildman–Crippen MR) is 142 cm³/mol. The zero-order valence-corrected chi connectivity index (χ0v) is 22.4. The summed E-state index contributed by atoms with van der Waals surface area (Å²) in [7, 11) is 4.93. The van der Waals surface area contributed by atoms with Crippen molar-refractivity contribution in [3.05, 3.63) is 80.7 Å². The molecule has 0 radical (unpaired) electrons. The molecule has 0 unspecified atom stereocenters. The first-order chi connectivity index (χ1) is 18.6. The van der Waals surface area contributed by atoms with E-state index in [1.165, 1.54) is 17.7 Å². The maximum Gasteiger partial charge on any atom is 0.287 e. The van der Waals surface area contributed by atoms with Gasteiger partial charge < -0.3 is 19.7 Å². The van der Waals surface area contributed by atoms with Crippen molar-refractivity contribution in [2.75, 3.05) is 13.7 Å². The monoisotopic (exact) mass is 540 g/mol. The molecule has 39 heavy (non-hydrogen) atoms. The maximum absolute atomic E-state index is 15.1. The SMILES string of the molecule is CNCc1c(F)c(=O)n(C)c2ccc(-c3ccc(F)c(F)c3OCCc3c(C4(O)CCC4)nn(C)c3C)cc12. The first-order valence-electron chi connectivity index (χ1n) is 12.9. The van der Waals surface area contributed by atoms with E-state index < -0.39 is 28.6 Å². The van der Waals surface area contributed by atoms with Gasteiger partial charge in [-0.05, 0) is 63.1 Å². The lowest BCUT2D eigenvalue weighted by Crippen LogP contribution is -2.35. The molecule has 2 N–H and O–H groups in total. The van der Waals surface area contributed by atoms with E-state index >= 15 is 4.39 Å². The molecule has 0 amide bonds. The highest BCUT2D eigenvalue weighted by Crippen LogP contribution is 2.42. The largest absolute Gasteiger partial charge is 0.489 e. The van der Waals surface area contributed by atoms with E-state index in [9.17, 15) is 18.7 Å². The summed E-state index contributed by atoms with van der Waals surface area (Å²) in [6.45, 7) is 2.03. The highest BCUT2D eigenvalue weighted by molar-refractivity contribution is 5.88. The van der Waals surface area contributed by atoms with Crippen LogP contribution in [-0.4, -0.2) is 33.1 Å². The molecule has 1 aliphatic carbocycles. The van der Waals surface area contributed by atoms with Gasteiger partial charge >= 0.3 is 0 Å². The van der Waals surface area contributed by atoms with Crippen molar-refractivity contribution in [1.29, 1.82) is 0 Å². The van der Waals surface area contributed by atoms with Crippen LogP contribution in [0.2, 0.25) is 0 Å². The fourth-order valence-corrected chi connectivity index (χ4v) is 5.32. The van der Waals surface area contributed by atoms with E-state index in [-0.39, 0.29) is 24.5 Å². The summed E-state index contributed by atoms with van der Waals surface area (Å²) in [5.74, 6) is -3.31. The molecule has 2 aromatic carbocycles. The molecule has 1 saturated carbocycles. The van der Waals surface area contributed by atoms with Crippen LogP contribution in [0.1, 0.15) is 41.8 Å². The van der Waals surface area contributed by atoms with Gasteiger partial charge in [-0.25, -0.2) is 8.78 Å². The number of hydrogen-bond donors (Lipinski definition) is 2. The Kier molecular flexibility index (Phi) is 7.02. The third-order valence-corrected chi connectivity index (χ3v) is 7.83. The van der Waals surface area contributed by atoms with Crippen LogP contribution >= 0.6 is 0 Å². The van der Waals surface area contributed by atoms with E-state index in [1.807, 2.05) is 6.92 Å². The number of aryl methyl sites for hydroxylation is 2. The molecule has 0 bridgehead atoms. The fraction of sp³-hybridized carbons (Fsp3) is 0.379. The number of benzene rings is 2. The van der Waals surface area contributed by atoms with Crippen molar-refractivity contribution in [2.45, 2.75) is 44.8 Å². The number of halogens is 3. The van der Waals surface area contributed by atoms with Crippen molar-refractivity contribution in [2.24, 2.45) is 14.1 Å². The third-order valence-electron chi connectivity index (χ3n) is 7.83. The van der Waals surface area contributed by atoms with Crippen molar-refractivity contribution in [1.82, 2.24) is 19.7 Å². The molecule has 4 aromatic rings. The molecule has 0 saturated heterocycles. The van der Waals surface area contributed by atoms with Gasteiger partial charge in [-0.3, -0.25) is 9.48 Å². The second-order valence-corrected chi connectivity index (χ2v) is 10.2. The van der Waals surface area contributed by atoms with Crippen molar-refractivity contribution < 1.29 is 23.0 Å². The lowest BCUT2D eigenvalue weighted by Gasteiger charge is -2.35. The van der Waals surface area contributed by atoms with E-state index in [1.54, 1.807) is 37.0 Å². The van der Waals surface area contributed by atoms with E-state index in [0.29, 0.717) is 47.0 Å². The van der Waals surface area contributed by atoms with E-state index in [0.717, 1.165) is 23.7 Å². The van der Waals surface area contributed by atoms with Gasteiger partial charge in [0.15, 0.2) is 17.4 Å². The van der Waals surface area contributed by atoms with Gasteiger partial charge in [0.25, 0.3) is 5.56 Å². The zero-order valence-electron chi connectivity index (χ0n) is 22.4. The summed E-state index contributed by atoms with van der Waals surface area (Å²) in [6.07, 6.45) is 2.51. The molecule has 5 rings (SSSR count). The number of aromatic nitrogens is 3. The van der Waals surface area contributed by atoms with Gasteiger partial charge in [0.05, 0.1) is 17.8 Å². The van der Waals surface area contributed by atoms with Gasteiger partial charge in [-0.2, -0.15) is 9.49 Å². The molecule has 7 nitrogen and oxygen atoms in total. The second kappa shape index (κ2) is 10.2. The number of nitrogens with one attached hydrogen (secondary N) is 1. The number of aliphatic hydroxyl groups is 1. The standard InChI is InChI=1S/C29H31F3N4O3/c1-16-18(27(34-36(16)4)29(38)11-5-12-29)10-13-39-26-19(7-8-22(30)25(26)32)17-6-9-23-20(14-17)21(15-33-2)24(31)28(37)35(23)3/h6-9,14,33,38H,5,10-13,15H2,1-4H3. The molecule has 0 aliphatic heterocycles. The van der Waals surface area contributed by atoms with Crippen LogP contribution in [0.25, 0.3) is 22.0 Å². The molecular formula is C29H31F3N4O3. The first kappa shape index (κ1) is 27.0. The smallest absolute Gasteiger partial charge is 0.287 e. The Morgan fingerprint density at radius 2 is 1.85 bits per heavy atom. The van der Waals surface area contributed by atoms with Gasteiger partial charge in [-0.1, -0.05) is 6.07 Å². The maximum atomic E-state index is 15.1. The Balaban J connectivity index is 1.52. The summed E-state index contributed by atoms with van der Waals surface area (Å²) < 4.78 is 53.1. The Labute approximate surface area is 223 Å².